The van der Waals surface area contributed by atoms with Crippen LogP contribution in [-0.4, -0.2) is 35.8 Å². The lowest BCUT2D eigenvalue weighted by Crippen LogP contribution is -2.49. The molecular formula is C19H25ClN2O2. The van der Waals surface area contributed by atoms with E-state index in [2.05, 4.69) is 5.32 Å². The molecule has 1 saturated heterocycles. The van der Waals surface area contributed by atoms with Crippen molar-refractivity contribution < 1.29 is 9.59 Å². The average Bonchev–Trinajstić information content (AvgIpc) is 3.09. The molecule has 5 heteroatoms. The fourth-order valence-corrected chi connectivity index (χ4v) is 4.03. The Hall–Kier alpha value is -1.55. The van der Waals surface area contributed by atoms with Crippen molar-refractivity contribution in [1.82, 2.24) is 10.2 Å². The summed E-state index contributed by atoms with van der Waals surface area (Å²) in [5.74, 6) is 0.236. The van der Waals surface area contributed by atoms with Gasteiger partial charge in [-0.15, -0.1) is 0 Å². The zero-order valence-electron chi connectivity index (χ0n) is 14.0. The quantitative estimate of drug-likeness (QED) is 0.888. The number of likely N-dealkylation sites (tertiary alicyclic amines) is 1. The highest BCUT2D eigenvalue weighted by atomic mass is 35.5. The summed E-state index contributed by atoms with van der Waals surface area (Å²) in [4.78, 5) is 26.6. The predicted octanol–water partition coefficient (Wildman–Crippen LogP) is 3.18. The van der Waals surface area contributed by atoms with Crippen molar-refractivity contribution >= 4 is 23.4 Å². The molecule has 24 heavy (non-hydrogen) atoms. The highest BCUT2D eigenvalue weighted by Gasteiger charge is 2.34. The molecule has 1 saturated carbocycles. The van der Waals surface area contributed by atoms with Crippen LogP contribution < -0.4 is 5.32 Å². The number of rotatable bonds is 5. The van der Waals surface area contributed by atoms with E-state index in [1.54, 1.807) is 0 Å². The van der Waals surface area contributed by atoms with Gasteiger partial charge >= 0.3 is 0 Å². The molecular weight excluding hydrogens is 324 g/mol. The van der Waals surface area contributed by atoms with Crippen LogP contribution in [0, 0.1) is 5.92 Å². The topological polar surface area (TPSA) is 49.4 Å². The molecule has 0 spiro atoms. The minimum atomic E-state index is -0.0670. The van der Waals surface area contributed by atoms with Gasteiger partial charge in [-0.2, -0.15) is 0 Å². The second kappa shape index (κ2) is 8.02. The minimum Gasteiger partial charge on any atom is -0.355 e. The normalized spacial score (nSPS) is 22.0. The largest absolute Gasteiger partial charge is 0.355 e. The third-order valence-corrected chi connectivity index (χ3v) is 5.42. The van der Waals surface area contributed by atoms with Gasteiger partial charge in [-0.25, -0.2) is 0 Å². The van der Waals surface area contributed by atoms with Gasteiger partial charge in [0.05, 0.1) is 5.92 Å². The Morgan fingerprint density at radius 3 is 2.79 bits per heavy atom. The molecule has 130 valence electrons. The van der Waals surface area contributed by atoms with E-state index in [1.165, 1.54) is 12.8 Å². The summed E-state index contributed by atoms with van der Waals surface area (Å²) in [6, 6.07) is 8.07. The standard InChI is InChI=1S/C19H25ClN2O2/c20-16-5-3-4-14(12-16)10-11-21-19(24)15-8-9-18(23)22(13-15)17-6-1-2-7-17/h3-5,12,15,17H,1-2,6-11,13H2,(H,21,24). The van der Waals surface area contributed by atoms with Gasteiger partial charge in [-0.05, 0) is 43.4 Å². The van der Waals surface area contributed by atoms with Gasteiger partial charge < -0.3 is 10.2 Å². The Morgan fingerprint density at radius 2 is 2.04 bits per heavy atom. The van der Waals surface area contributed by atoms with Crippen LogP contribution in [0.2, 0.25) is 5.02 Å². The Morgan fingerprint density at radius 1 is 1.25 bits per heavy atom. The van der Waals surface area contributed by atoms with E-state index in [1.807, 2.05) is 29.2 Å². The van der Waals surface area contributed by atoms with Crippen LogP contribution in [0.4, 0.5) is 0 Å². The highest BCUT2D eigenvalue weighted by Crippen LogP contribution is 2.28. The maximum atomic E-state index is 12.4. The lowest BCUT2D eigenvalue weighted by atomic mass is 9.95. The van der Waals surface area contributed by atoms with E-state index in [0.717, 1.165) is 29.8 Å². The zero-order chi connectivity index (χ0) is 16.9. The first-order valence-electron chi connectivity index (χ1n) is 8.95. The lowest BCUT2D eigenvalue weighted by Gasteiger charge is -2.36. The Kier molecular flexibility index (Phi) is 5.77. The van der Waals surface area contributed by atoms with Crippen LogP contribution >= 0.6 is 11.6 Å². The molecule has 3 rings (SSSR count). The van der Waals surface area contributed by atoms with Crippen molar-refractivity contribution in [2.24, 2.45) is 5.92 Å². The number of hydrogen-bond acceptors (Lipinski definition) is 2. The molecule has 2 amide bonds. The molecule has 1 unspecified atom stereocenters. The van der Waals surface area contributed by atoms with Gasteiger partial charge in [0.1, 0.15) is 0 Å². The number of nitrogens with one attached hydrogen (secondary N) is 1. The van der Waals surface area contributed by atoms with E-state index in [-0.39, 0.29) is 17.7 Å². The number of carbonyl (C=O) groups is 2. The van der Waals surface area contributed by atoms with Crippen molar-refractivity contribution in [1.29, 1.82) is 0 Å². The molecule has 0 radical (unpaired) electrons. The monoisotopic (exact) mass is 348 g/mol. The first-order valence-corrected chi connectivity index (χ1v) is 9.33. The second-order valence-electron chi connectivity index (χ2n) is 6.89. The van der Waals surface area contributed by atoms with E-state index < -0.39 is 0 Å². The van der Waals surface area contributed by atoms with Gasteiger partial charge in [0.15, 0.2) is 0 Å². The number of benzene rings is 1. The number of hydrogen-bond donors (Lipinski definition) is 1. The van der Waals surface area contributed by atoms with Crippen LogP contribution in [0.15, 0.2) is 24.3 Å². The van der Waals surface area contributed by atoms with Crippen LogP contribution in [0.25, 0.3) is 0 Å². The van der Waals surface area contributed by atoms with E-state index in [9.17, 15) is 9.59 Å². The number of amides is 2. The predicted molar refractivity (Wildman–Crippen MR) is 94.9 cm³/mol. The Labute approximate surface area is 148 Å². The third kappa shape index (κ3) is 4.29. The third-order valence-electron chi connectivity index (χ3n) is 5.18. The van der Waals surface area contributed by atoms with Crippen LogP contribution in [-0.2, 0) is 16.0 Å². The minimum absolute atomic E-state index is 0.0670. The van der Waals surface area contributed by atoms with Crippen molar-refractivity contribution in [3.63, 3.8) is 0 Å². The Bertz CT molecular complexity index is 599. The van der Waals surface area contributed by atoms with E-state index >= 15 is 0 Å². The molecule has 0 bridgehead atoms. The molecule has 1 N–H and O–H groups in total. The summed E-state index contributed by atoms with van der Waals surface area (Å²) >= 11 is 5.98. The van der Waals surface area contributed by atoms with Gasteiger partial charge in [0.2, 0.25) is 11.8 Å². The van der Waals surface area contributed by atoms with Gasteiger partial charge in [0, 0.05) is 30.6 Å². The second-order valence-corrected chi connectivity index (χ2v) is 7.33. The molecule has 2 fully saturated rings. The average molecular weight is 349 g/mol. The molecule has 0 aromatic heterocycles. The summed E-state index contributed by atoms with van der Waals surface area (Å²) in [5.41, 5.74) is 1.12. The number of piperidine rings is 1. The summed E-state index contributed by atoms with van der Waals surface area (Å²) in [5, 5.41) is 3.75. The van der Waals surface area contributed by atoms with E-state index in [0.29, 0.717) is 32.0 Å². The maximum absolute atomic E-state index is 12.4. The smallest absolute Gasteiger partial charge is 0.224 e. The fraction of sp³-hybridized carbons (Fsp3) is 0.579. The molecule has 4 nitrogen and oxygen atoms in total. The molecule has 1 heterocycles. The Balaban J connectivity index is 1.48. The van der Waals surface area contributed by atoms with Crippen molar-refractivity contribution in [2.75, 3.05) is 13.1 Å². The highest BCUT2D eigenvalue weighted by molar-refractivity contribution is 6.30. The van der Waals surface area contributed by atoms with Crippen molar-refractivity contribution in [2.45, 2.75) is 51.0 Å². The summed E-state index contributed by atoms with van der Waals surface area (Å²) in [6.07, 6.45) is 6.53. The molecule has 1 atom stereocenters. The first kappa shape index (κ1) is 17.3. The summed E-state index contributed by atoms with van der Waals surface area (Å²) in [6.45, 7) is 1.19. The lowest BCUT2D eigenvalue weighted by molar-refractivity contribution is -0.140. The zero-order valence-corrected chi connectivity index (χ0v) is 14.7. The van der Waals surface area contributed by atoms with Crippen LogP contribution in [0.5, 0.6) is 0 Å². The fourth-order valence-electron chi connectivity index (χ4n) is 3.82. The van der Waals surface area contributed by atoms with Crippen LogP contribution in [0.3, 0.4) is 0 Å². The molecule has 1 aromatic rings. The summed E-state index contributed by atoms with van der Waals surface area (Å²) in [7, 11) is 0. The van der Waals surface area contributed by atoms with E-state index in [4.69, 9.17) is 11.6 Å². The van der Waals surface area contributed by atoms with Crippen LogP contribution in [0.1, 0.15) is 44.1 Å². The van der Waals surface area contributed by atoms with Crippen molar-refractivity contribution in [3.8, 4) is 0 Å². The van der Waals surface area contributed by atoms with Crippen molar-refractivity contribution in [3.05, 3.63) is 34.9 Å². The maximum Gasteiger partial charge on any atom is 0.224 e. The van der Waals surface area contributed by atoms with Gasteiger partial charge in [-0.1, -0.05) is 36.6 Å². The van der Waals surface area contributed by atoms with Gasteiger partial charge in [-0.3, -0.25) is 9.59 Å². The molecule has 1 aliphatic carbocycles. The first-order chi connectivity index (χ1) is 11.6. The SMILES string of the molecule is O=C(NCCc1cccc(Cl)c1)C1CCC(=O)N(C2CCCC2)C1. The number of carbonyl (C=O) groups excluding carboxylic acids is 2. The molecule has 1 aliphatic heterocycles. The molecule has 2 aliphatic rings. The number of halogens is 1. The molecule has 1 aromatic carbocycles. The summed E-state index contributed by atoms with van der Waals surface area (Å²) < 4.78 is 0. The van der Waals surface area contributed by atoms with Gasteiger partial charge in [0.25, 0.3) is 0 Å². The number of nitrogens with zero attached hydrogens (tertiary/aromatic N) is 1.